The van der Waals surface area contributed by atoms with Crippen molar-refractivity contribution >= 4 is 31.8 Å². The topological polar surface area (TPSA) is 172 Å². The van der Waals surface area contributed by atoms with E-state index in [4.69, 9.17) is 24.5 Å². The normalized spacial score (nSPS) is 16.5. The molecule has 4 atom stereocenters. The van der Waals surface area contributed by atoms with Gasteiger partial charge in [-0.05, 0) is 73.0 Å². The molecule has 3 N–H and O–H groups in total. The highest BCUT2D eigenvalue weighted by Gasteiger charge is 2.60. The highest BCUT2D eigenvalue weighted by molar-refractivity contribution is 7.40. The predicted molar refractivity (Wildman–Crippen MR) is 170 cm³/mol. The third-order valence-electron chi connectivity index (χ3n) is 7.53. The van der Waals surface area contributed by atoms with Gasteiger partial charge in [-0.25, -0.2) is 14.4 Å². The second-order valence-corrected chi connectivity index (χ2v) is 12.3. The number of esters is 2. The molecule has 1 aliphatic heterocycles. The lowest BCUT2D eigenvalue weighted by molar-refractivity contribution is -0.189. The van der Waals surface area contributed by atoms with E-state index < -0.39 is 56.3 Å². The largest absolute Gasteiger partial charge is 0.591 e. The third-order valence-corrected chi connectivity index (χ3v) is 8.91. The number of carboxylic acids is 1. The van der Waals surface area contributed by atoms with Crippen LogP contribution in [0.4, 0.5) is 0 Å². The average molecular weight is 666 g/mol. The number of hydrogen-bond donors (Lipinski definition) is 2. The number of ether oxygens (including phenoxy) is 3. The Morgan fingerprint density at radius 3 is 2.09 bits per heavy atom. The summed E-state index contributed by atoms with van der Waals surface area (Å²) >= 11 is 0. The number of carboxylic acid groups (broad SMARTS) is 1. The van der Waals surface area contributed by atoms with Gasteiger partial charge in [-0.3, -0.25) is 9.53 Å². The number of carbonyl (C=O) groups is 4. The van der Waals surface area contributed by atoms with E-state index in [-0.39, 0.29) is 36.9 Å². The number of likely N-dealkylation sites (tertiary alicyclic amines) is 1. The molecule has 1 saturated heterocycles. The summed E-state index contributed by atoms with van der Waals surface area (Å²) in [5.41, 5.74) is 4.17. The van der Waals surface area contributed by atoms with Gasteiger partial charge in [0.15, 0.2) is 6.10 Å². The molecule has 248 valence electrons. The number of rotatable bonds is 17. The summed E-state index contributed by atoms with van der Waals surface area (Å²) in [6, 6.07) is 23.6. The molecule has 0 radical (unpaired) electrons. The fourth-order valence-corrected chi connectivity index (χ4v) is 6.31. The van der Waals surface area contributed by atoms with Crippen LogP contribution in [-0.2, 0) is 39.3 Å². The molecule has 1 fully saturated rings. The van der Waals surface area contributed by atoms with Gasteiger partial charge in [0.1, 0.15) is 6.04 Å². The zero-order chi connectivity index (χ0) is 33.6. The van der Waals surface area contributed by atoms with Gasteiger partial charge >= 0.3 is 31.5 Å². The highest BCUT2D eigenvalue weighted by Crippen LogP contribution is 2.47. The first-order valence-electron chi connectivity index (χ1n) is 15.3. The average Bonchev–Trinajstić information content (AvgIpc) is 3.59. The second-order valence-electron chi connectivity index (χ2n) is 10.9. The molecule has 12 nitrogen and oxygen atoms in total. The molecule has 0 spiro atoms. The van der Waals surface area contributed by atoms with Crippen molar-refractivity contribution in [1.82, 2.24) is 4.90 Å². The van der Waals surface area contributed by atoms with Crippen molar-refractivity contribution in [3.63, 3.8) is 0 Å². The van der Waals surface area contributed by atoms with E-state index in [0.29, 0.717) is 31.4 Å². The van der Waals surface area contributed by atoms with Crippen LogP contribution in [0.5, 0.6) is 0 Å². The molecule has 3 aromatic carbocycles. The maximum Gasteiger partial charge on any atom is 0.591 e. The van der Waals surface area contributed by atoms with Gasteiger partial charge in [0.25, 0.3) is 5.91 Å². The van der Waals surface area contributed by atoms with Crippen LogP contribution < -0.4 is 5.73 Å². The lowest BCUT2D eigenvalue weighted by Gasteiger charge is -2.26. The summed E-state index contributed by atoms with van der Waals surface area (Å²) in [4.78, 5) is 53.0. The van der Waals surface area contributed by atoms with Gasteiger partial charge in [-0.1, -0.05) is 66.7 Å². The van der Waals surface area contributed by atoms with Crippen molar-refractivity contribution < 1.29 is 47.6 Å². The van der Waals surface area contributed by atoms with Crippen LogP contribution in [0.25, 0.3) is 0 Å². The van der Waals surface area contributed by atoms with Crippen LogP contribution in [0.1, 0.15) is 58.4 Å². The van der Waals surface area contributed by atoms with Gasteiger partial charge in [0, 0.05) is 6.54 Å². The smallest absolute Gasteiger partial charge is 0.480 e. The lowest BCUT2D eigenvalue weighted by Crippen LogP contribution is -2.46. The molecule has 2 unspecified atom stereocenters. The minimum absolute atomic E-state index is 0.0665. The first-order chi connectivity index (χ1) is 22.7. The zero-order valence-electron chi connectivity index (χ0n) is 25.8. The molecule has 0 bridgehead atoms. The molecule has 4 rings (SSSR count). The number of benzene rings is 3. The Morgan fingerprint density at radius 2 is 1.49 bits per heavy atom. The number of nitrogens with two attached hydrogens (primary N) is 1. The third kappa shape index (κ3) is 9.76. The van der Waals surface area contributed by atoms with E-state index in [1.807, 2.05) is 0 Å². The van der Waals surface area contributed by atoms with Gasteiger partial charge in [-0.15, -0.1) is 4.52 Å². The number of unbranched alkanes of at least 4 members (excludes halogenated alkanes) is 1. The number of nitrogens with zero attached hydrogens (tertiary/aromatic N) is 1. The zero-order valence-corrected chi connectivity index (χ0v) is 26.7. The maximum absolute atomic E-state index is 14.4. The van der Waals surface area contributed by atoms with Crippen molar-refractivity contribution in [2.24, 2.45) is 5.73 Å². The molecule has 1 heterocycles. The summed E-state index contributed by atoms with van der Waals surface area (Å²) in [7, 11) is -3.23. The Bertz CT molecular complexity index is 1510. The Morgan fingerprint density at radius 1 is 0.894 bits per heavy atom. The molecular weight excluding hydrogens is 627 g/mol. The molecule has 1 amide bonds. The molecule has 47 heavy (non-hydrogen) atoms. The summed E-state index contributed by atoms with van der Waals surface area (Å²) in [6.07, 6.45) is 0.0691. The first kappa shape index (κ1) is 35.4. The first-order valence-corrected chi connectivity index (χ1v) is 16.5. The number of aliphatic carboxylic acids is 1. The molecule has 0 saturated carbocycles. The Balaban J connectivity index is 1.69. The number of amides is 1. The standard InChI is InChI=1S/C34H37N2O10P/c35-21-11-10-20-29(30(37)36-22-12-19-28(36)31(38)39)46-47(42)34(23-25-13-4-1-5-14-25,45-33(41)27-17-8-3-9-18-27)44-24-43-32(40)26-15-6-2-7-16-26/h1-9,13-18,28-29H,10-12,19-24,35H2/p+1/t28-,29?,34-/m0/s1. The monoisotopic (exact) mass is 665 g/mol. The quantitative estimate of drug-likeness (QED) is 0.0869. The van der Waals surface area contributed by atoms with Crippen LogP contribution in [-0.4, -0.2) is 71.4 Å². The van der Waals surface area contributed by atoms with Crippen LogP contribution in [0.2, 0.25) is 0 Å². The van der Waals surface area contributed by atoms with Crippen LogP contribution in [0.3, 0.4) is 0 Å². The van der Waals surface area contributed by atoms with Crippen molar-refractivity contribution in [2.75, 3.05) is 19.9 Å². The van der Waals surface area contributed by atoms with Crippen molar-refractivity contribution in [3.8, 4) is 0 Å². The fourth-order valence-electron chi connectivity index (χ4n) is 5.10. The fraction of sp³-hybridized carbons (Fsp3) is 0.353. The molecule has 0 aliphatic carbocycles. The van der Waals surface area contributed by atoms with Gasteiger partial charge in [0.05, 0.1) is 17.5 Å². The minimum atomic E-state index is -3.23. The van der Waals surface area contributed by atoms with Gasteiger partial charge in [0.2, 0.25) is 6.79 Å². The summed E-state index contributed by atoms with van der Waals surface area (Å²) in [5, 5.41) is 9.71. The van der Waals surface area contributed by atoms with Gasteiger partial charge in [-0.2, -0.15) is 0 Å². The minimum Gasteiger partial charge on any atom is -0.480 e. The van der Waals surface area contributed by atoms with E-state index in [2.05, 4.69) is 0 Å². The predicted octanol–water partition coefficient (Wildman–Crippen LogP) is 4.90. The SMILES string of the molecule is NCCCCC(O[P+](=O)[C@@](Cc1ccccc1)(OCOC(=O)c1ccccc1)OC(=O)c1ccccc1)C(=O)N1CCC[C@H]1C(=O)O. The summed E-state index contributed by atoms with van der Waals surface area (Å²) < 4.78 is 37.5. The van der Waals surface area contributed by atoms with E-state index in [1.54, 1.807) is 78.9 Å². The second kappa shape index (κ2) is 17.4. The Hall–Kier alpha value is -4.48. The van der Waals surface area contributed by atoms with Crippen molar-refractivity contribution in [2.45, 2.75) is 56.2 Å². The molecular formula is C34H38N2O10P+. The van der Waals surface area contributed by atoms with E-state index in [1.165, 1.54) is 17.0 Å². The molecule has 0 aromatic heterocycles. The van der Waals surface area contributed by atoms with E-state index >= 15 is 0 Å². The van der Waals surface area contributed by atoms with Gasteiger partial charge < -0.3 is 25.2 Å². The van der Waals surface area contributed by atoms with E-state index in [9.17, 15) is 28.8 Å². The van der Waals surface area contributed by atoms with Crippen LogP contribution >= 0.6 is 8.03 Å². The van der Waals surface area contributed by atoms with Crippen molar-refractivity contribution in [1.29, 1.82) is 0 Å². The van der Waals surface area contributed by atoms with Crippen LogP contribution in [0, 0.1) is 0 Å². The highest BCUT2D eigenvalue weighted by atomic mass is 31.1. The number of hydrogen-bond acceptors (Lipinski definition) is 10. The summed E-state index contributed by atoms with van der Waals surface area (Å²) in [6.45, 7) is -0.267. The van der Waals surface area contributed by atoms with Crippen molar-refractivity contribution in [3.05, 3.63) is 108 Å². The lowest BCUT2D eigenvalue weighted by atomic mass is 10.1. The maximum atomic E-state index is 14.4. The molecule has 1 aliphatic rings. The summed E-state index contributed by atoms with van der Waals surface area (Å²) in [5.74, 6) is -3.46. The molecule has 13 heteroatoms. The Labute approximate surface area is 273 Å². The van der Waals surface area contributed by atoms with Crippen LogP contribution in [0.15, 0.2) is 91.0 Å². The Kier molecular flexibility index (Phi) is 13.1. The van der Waals surface area contributed by atoms with E-state index in [0.717, 1.165) is 0 Å². The number of carbonyl (C=O) groups excluding carboxylic acids is 3. The molecule has 3 aromatic rings.